The first-order chi connectivity index (χ1) is 10.7. The molecule has 8 nitrogen and oxygen atoms in total. The van der Waals surface area contributed by atoms with Crippen LogP contribution in [0.1, 0.15) is 33.4 Å². The second kappa shape index (κ2) is 6.15. The van der Waals surface area contributed by atoms with Gasteiger partial charge in [0.25, 0.3) is 5.69 Å². The van der Waals surface area contributed by atoms with Gasteiger partial charge in [-0.25, -0.2) is 4.68 Å². The van der Waals surface area contributed by atoms with Crippen LogP contribution in [0.25, 0.3) is 0 Å². The number of azo groups is 1. The van der Waals surface area contributed by atoms with Crippen LogP contribution in [0.2, 0.25) is 0 Å². The van der Waals surface area contributed by atoms with E-state index in [9.17, 15) is 10.1 Å². The molecule has 2 N–H and O–H groups in total. The van der Waals surface area contributed by atoms with Gasteiger partial charge in [-0.05, 0) is 19.1 Å². The summed E-state index contributed by atoms with van der Waals surface area (Å²) in [4.78, 5) is 10.2. The first-order valence-corrected chi connectivity index (χ1v) is 7.27. The van der Waals surface area contributed by atoms with Crippen LogP contribution in [-0.4, -0.2) is 14.7 Å². The van der Waals surface area contributed by atoms with E-state index in [2.05, 4.69) is 15.3 Å². The highest BCUT2D eigenvalue weighted by Crippen LogP contribution is 2.36. The van der Waals surface area contributed by atoms with Gasteiger partial charge in [0.1, 0.15) is 5.82 Å². The SMILES string of the molecule is CCn1nc(C(C)(C)C)c(N=Nc2ccc([N+](=O)[O-])cc2)c1N. The van der Waals surface area contributed by atoms with Gasteiger partial charge in [-0.3, -0.25) is 10.1 Å². The summed E-state index contributed by atoms with van der Waals surface area (Å²) in [5.41, 5.74) is 7.70. The molecule has 8 heteroatoms. The van der Waals surface area contributed by atoms with Gasteiger partial charge in [-0.1, -0.05) is 20.8 Å². The zero-order valence-electron chi connectivity index (χ0n) is 13.6. The Labute approximate surface area is 134 Å². The molecule has 0 amide bonds. The molecule has 23 heavy (non-hydrogen) atoms. The van der Waals surface area contributed by atoms with E-state index in [-0.39, 0.29) is 11.1 Å². The Balaban J connectivity index is 2.38. The van der Waals surface area contributed by atoms with E-state index in [4.69, 9.17) is 5.73 Å². The zero-order chi connectivity index (χ0) is 17.2. The molecule has 0 aliphatic rings. The lowest BCUT2D eigenvalue weighted by atomic mass is 9.91. The molecule has 2 aromatic rings. The molecule has 0 spiro atoms. The quantitative estimate of drug-likeness (QED) is 0.519. The number of nitrogen functional groups attached to an aromatic ring is 1. The molecule has 0 saturated carbocycles. The highest BCUT2D eigenvalue weighted by atomic mass is 16.6. The van der Waals surface area contributed by atoms with Crippen LogP contribution >= 0.6 is 0 Å². The van der Waals surface area contributed by atoms with Crippen molar-refractivity contribution >= 4 is 22.9 Å². The van der Waals surface area contributed by atoms with E-state index in [1.165, 1.54) is 12.1 Å². The highest BCUT2D eigenvalue weighted by Gasteiger charge is 2.25. The number of hydrogen-bond acceptors (Lipinski definition) is 6. The van der Waals surface area contributed by atoms with Crippen LogP contribution in [0.4, 0.5) is 22.9 Å². The fourth-order valence-corrected chi connectivity index (χ4v) is 2.06. The zero-order valence-corrected chi connectivity index (χ0v) is 13.6. The Hall–Kier alpha value is -2.77. The average Bonchev–Trinajstić information content (AvgIpc) is 2.82. The minimum atomic E-state index is -0.456. The maximum atomic E-state index is 10.7. The van der Waals surface area contributed by atoms with Crippen LogP contribution < -0.4 is 5.73 Å². The number of nitrogens with zero attached hydrogens (tertiary/aromatic N) is 5. The summed E-state index contributed by atoms with van der Waals surface area (Å²) < 4.78 is 1.69. The largest absolute Gasteiger partial charge is 0.382 e. The van der Waals surface area contributed by atoms with Gasteiger partial charge in [-0.15, -0.1) is 5.11 Å². The molecule has 0 aliphatic heterocycles. The highest BCUT2D eigenvalue weighted by molar-refractivity contribution is 5.63. The predicted octanol–water partition coefficient (Wildman–Crippen LogP) is 4.11. The smallest absolute Gasteiger partial charge is 0.269 e. The Morgan fingerprint density at radius 3 is 2.35 bits per heavy atom. The van der Waals surface area contributed by atoms with Crippen molar-refractivity contribution in [1.29, 1.82) is 0 Å². The van der Waals surface area contributed by atoms with E-state index >= 15 is 0 Å². The summed E-state index contributed by atoms with van der Waals surface area (Å²) in [6.07, 6.45) is 0. The van der Waals surface area contributed by atoms with Gasteiger partial charge in [0, 0.05) is 24.1 Å². The van der Waals surface area contributed by atoms with E-state index in [1.807, 2.05) is 27.7 Å². The Morgan fingerprint density at radius 1 is 1.26 bits per heavy atom. The average molecular weight is 316 g/mol. The number of nitrogens with two attached hydrogens (primary N) is 1. The van der Waals surface area contributed by atoms with Crippen LogP contribution in [0, 0.1) is 10.1 Å². The third-order valence-electron chi connectivity index (χ3n) is 3.30. The Bertz CT molecular complexity index is 741. The van der Waals surface area contributed by atoms with E-state index in [1.54, 1.807) is 16.8 Å². The lowest BCUT2D eigenvalue weighted by molar-refractivity contribution is -0.384. The summed E-state index contributed by atoms with van der Waals surface area (Å²) in [5.74, 6) is 0.461. The van der Waals surface area contributed by atoms with Gasteiger partial charge in [-0.2, -0.15) is 10.2 Å². The molecule has 0 fully saturated rings. The third kappa shape index (κ3) is 3.53. The number of aryl methyl sites for hydroxylation is 1. The maximum absolute atomic E-state index is 10.7. The standard InChI is InChI=1S/C15H20N6O2/c1-5-20-14(16)12(13(19-20)15(2,3)4)18-17-10-6-8-11(9-7-10)21(22)23/h6-9H,5,16H2,1-4H3. The summed E-state index contributed by atoms with van der Waals surface area (Å²) in [6, 6.07) is 5.85. The number of nitro groups is 1. The van der Waals surface area contributed by atoms with E-state index < -0.39 is 4.92 Å². The predicted molar refractivity (Wildman–Crippen MR) is 88.3 cm³/mol. The normalized spacial score (nSPS) is 12.0. The number of hydrogen-bond donors (Lipinski definition) is 1. The van der Waals surface area contributed by atoms with E-state index in [0.717, 1.165) is 5.69 Å². The van der Waals surface area contributed by atoms with Crippen molar-refractivity contribution in [3.05, 3.63) is 40.1 Å². The molecule has 0 atom stereocenters. The minimum absolute atomic E-state index is 0.0117. The van der Waals surface area contributed by atoms with Gasteiger partial charge < -0.3 is 5.73 Å². The van der Waals surface area contributed by atoms with Crippen molar-refractivity contribution in [1.82, 2.24) is 9.78 Å². The van der Waals surface area contributed by atoms with Crippen molar-refractivity contribution in [2.45, 2.75) is 39.7 Å². The molecular weight excluding hydrogens is 296 g/mol. The number of benzene rings is 1. The monoisotopic (exact) mass is 316 g/mol. The Morgan fingerprint density at radius 2 is 1.87 bits per heavy atom. The summed E-state index contributed by atoms with van der Waals surface area (Å²) in [7, 11) is 0. The lowest BCUT2D eigenvalue weighted by Crippen LogP contribution is -2.13. The van der Waals surface area contributed by atoms with Crippen molar-refractivity contribution in [3.8, 4) is 0 Å². The number of rotatable bonds is 4. The first-order valence-electron chi connectivity index (χ1n) is 7.27. The van der Waals surface area contributed by atoms with Crippen LogP contribution in [0.3, 0.4) is 0 Å². The number of nitro benzene ring substituents is 1. The second-order valence-electron chi connectivity index (χ2n) is 6.12. The van der Waals surface area contributed by atoms with Crippen LogP contribution in [0.5, 0.6) is 0 Å². The maximum Gasteiger partial charge on any atom is 0.269 e. The van der Waals surface area contributed by atoms with Gasteiger partial charge in [0.15, 0.2) is 5.69 Å². The van der Waals surface area contributed by atoms with Crippen molar-refractivity contribution in [2.75, 3.05) is 5.73 Å². The number of non-ortho nitro benzene ring substituents is 1. The number of anilines is 1. The molecule has 0 saturated heterocycles. The molecule has 1 aromatic heterocycles. The molecule has 0 bridgehead atoms. The molecule has 2 rings (SSSR count). The molecule has 0 unspecified atom stereocenters. The fraction of sp³-hybridized carbons (Fsp3) is 0.400. The van der Waals surface area contributed by atoms with E-state index in [0.29, 0.717) is 23.7 Å². The first kappa shape index (κ1) is 16.6. The topological polar surface area (TPSA) is 112 Å². The van der Waals surface area contributed by atoms with Crippen molar-refractivity contribution in [2.24, 2.45) is 10.2 Å². The molecular formula is C15H20N6O2. The van der Waals surface area contributed by atoms with Crippen LogP contribution in [-0.2, 0) is 12.0 Å². The van der Waals surface area contributed by atoms with Crippen molar-refractivity contribution in [3.63, 3.8) is 0 Å². The fourth-order valence-electron chi connectivity index (χ4n) is 2.06. The third-order valence-corrected chi connectivity index (χ3v) is 3.30. The van der Waals surface area contributed by atoms with Gasteiger partial charge >= 0.3 is 0 Å². The van der Waals surface area contributed by atoms with Crippen LogP contribution in [0.15, 0.2) is 34.5 Å². The summed E-state index contributed by atoms with van der Waals surface area (Å²) in [6.45, 7) is 8.67. The second-order valence-corrected chi connectivity index (χ2v) is 6.12. The van der Waals surface area contributed by atoms with Gasteiger partial charge in [0.05, 0.1) is 16.3 Å². The van der Waals surface area contributed by atoms with Crippen molar-refractivity contribution < 1.29 is 4.92 Å². The molecule has 0 radical (unpaired) electrons. The Kier molecular flexibility index (Phi) is 4.44. The summed E-state index contributed by atoms with van der Waals surface area (Å²) in [5, 5.41) is 23.5. The summed E-state index contributed by atoms with van der Waals surface area (Å²) >= 11 is 0. The van der Waals surface area contributed by atoms with Gasteiger partial charge in [0.2, 0.25) is 0 Å². The lowest BCUT2D eigenvalue weighted by Gasteiger charge is -2.15. The number of aromatic nitrogens is 2. The minimum Gasteiger partial charge on any atom is -0.382 e. The molecule has 1 aromatic carbocycles. The molecule has 1 heterocycles. The molecule has 122 valence electrons. The molecule has 0 aliphatic carbocycles.